The lowest BCUT2D eigenvalue weighted by molar-refractivity contribution is -0.384. The lowest BCUT2D eigenvalue weighted by Gasteiger charge is -2.34. The molecule has 0 saturated carbocycles. The summed E-state index contributed by atoms with van der Waals surface area (Å²) in [6, 6.07) is 3.08. The van der Waals surface area contributed by atoms with Crippen molar-refractivity contribution in [3.05, 3.63) is 28.4 Å². The number of hydrogen-bond donors (Lipinski definition) is 0. The number of nitro groups is 1. The molecular weight excluding hydrogens is 244 g/mol. The maximum Gasteiger partial charge on any atom is 0.311 e. The Morgan fingerprint density at radius 1 is 1.42 bits per heavy atom. The molecule has 1 aromatic rings. The van der Waals surface area contributed by atoms with Gasteiger partial charge in [-0.1, -0.05) is 0 Å². The van der Waals surface area contributed by atoms with Crippen LogP contribution in [-0.4, -0.2) is 47.5 Å². The standard InChI is InChI=1S/C13H16N4O2/c1-2-3-7-15-8-10-16(11-9-15)13-12(17(18)19)5-4-6-14-13/h1,4-6H,3,7-11H2. The molecule has 1 aromatic heterocycles. The predicted octanol–water partition coefficient (Wildman–Crippen LogP) is 1.14. The van der Waals surface area contributed by atoms with E-state index in [1.165, 1.54) is 6.07 Å². The fourth-order valence-electron chi connectivity index (χ4n) is 2.18. The van der Waals surface area contributed by atoms with Gasteiger partial charge in [-0.2, -0.15) is 0 Å². The van der Waals surface area contributed by atoms with E-state index in [4.69, 9.17) is 6.42 Å². The van der Waals surface area contributed by atoms with E-state index in [1.807, 2.05) is 4.90 Å². The minimum atomic E-state index is -0.382. The molecule has 0 amide bonds. The molecule has 0 unspecified atom stereocenters. The van der Waals surface area contributed by atoms with Gasteiger partial charge in [0.25, 0.3) is 0 Å². The third-order valence-corrected chi connectivity index (χ3v) is 3.21. The summed E-state index contributed by atoms with van der Waals surface area (Å²) in [7, 11) is 0. The van der Waals surface area contributed by atoms with Gasteiger partial charge in [0.05, 0.1) is 4.92 Å². The fraction of sp³-hybridized carbons (Fsp3) is 0.462. The highest BCUT2D eigenvalue weighted by molar-refractivity contribution is 5.57. The van der Waals surface area contributed by atoms with Gasteiger partial charge in [0.2, 0.25) is 5.82 Å². The molecule has 2 rings (SSSR count). The summed E-state index contributed by atoms with van der Waals surface area (Å²) in [4.78, 5) is 19.0. The summed E-state index contributed by atoms with van der Waals surface area (Å²) < 4.78 is 0. The zero-order valence-corrected chi connectivity index (χ0v) is 10.7. The van der Waals surface area contributed by atoms with E-state index in [2.05, 4.69) is 15.8 Å². The number of aromatic nitrogens is 1. The van der Waals surface area contributed by atoms with E-state index >= 15 is 0 Å². The molecule has 2 heterocycles. The van der Waals surface area contributed by atoms with E-state index < -0.39 is 0 Å². The number of pyridine rings is 1. The Kier molecular flexibility index (Phi) is 4.31. The van der Waals surface area contributed by atoms with Gasteiger partial charge in [-0.25, -0.2) is 4.98 Å². The number of rotatable bonds is 4. The Hall–Kier alpha value is -2.13. The van der Waals surface area contributed by atoms with Crippen molar-refractivity contribution in [1.29, 1.82) is 0 Å². The molecule has 0 spiro atoms. The molecule has 6 nitrogen and oxygen atoms in total. The third kappa shape index (κ3) is 3.20. The average molecular weight is 260 g/mol. The van der Waals surface area contributed by atoms with Crippen molar-refractivity contribution in [2.75, 3.05) is 37.6 Å². The van der Waals surface area contributed by atoms with E-state index in [1.54, 1.807) is 12.3 Å². The second kappa shape index (κ2) is 6.16. The first kappa shape index (κ1) is 13.3. The van der Waals surface area contributed by atoms with Crippen molar-refractivity contribution in [1.82, 2.24) is 9.88 Å². The topological polar surface area (TPSA) is 62.5 Å². The summed E-state index contributed by atoms with van der Waals surface area (Å²) in [5, 5.41) is 11.0. The van der Waals surface area contributed by atoms with Crippen molar-refractivity contribution in [2.45, 2.75) is 6.42 Å². The first-order valence-electron chi connectivity index (χ1n) is 6.22. The molecule has 0 radical (unpaired) electrons. The number of piperazine rings is 1. The molecular formula is C13H16N4O2. The molecule has 19 heavy (non-hydrogen) atoms. The Balaban J connectivity index is 2.02. The number of nitrogens with zero attached hydrogens (tertiary/aromatic N) is 4. The highest BCUT2D eigenvalue weighted by Gasteiger charge is 2.24. The summed E-state index contributed by atoms with van der Waals surface area (Å²) in [6.07, 6.45) is 7.58. The first-order valence-corrected chi connectivity index (χ1v) is 6.22. The predicted molar refractivity (Wildman–Crippen MR) is 73.0 cm³/mol. The average Bonchev–Trinajstić information content (AvgIpc) is 2.45. The summed E-state index contributed by atoms with van der Waals surface area (Å²) in [5.41, 5.74) is 0.0691. The molecule has 0 aliphatic carbocycles. The van der Waals surface area contributed by atoms with Gasteiger partial charge in [-0.05, 0) is 6.07 Å². The third-order valence-electron chi connectivity index (χ3n) is 3.21. The highest BCUT2D eigenvalue weighted by atomic mass is 16.6. The van der Waals surface area contributed by atoms with Crippen LogP contribution < -0.4 is 4.90 Å². The zero-order chi connectivity index (χ0) is 13.7. The summed E-state index contributed by atoms with van der Waals surface area (Å²) in [6.45, 7) is 4.07. The van der Waals surface area contributed by atoms with Crippen LogP contribution in [0.5, 0.6) is 0 Å². The number of hydrogen-bond acceptors (Lipinski definition) is 5. The highest BCUT2D eigenvalue weighted by Crippen LogP contribution is 2.25. The van der Waals surface area contributed by atoms with Crippen LogP contribution in [0.1, 0.15) is 6.42 Å². The molecule has 0 bridgehead atoms. The quantitative estimate of drug-likeness (QED) is 0.461. The Morgan fingerprint density at radius 3 is 2.79 bits per heavy atom. The largest absolute Gasteiger partial charge is 0.348 e. The van der Waals surface area contributed by atoms with E-state index in [-0.39, 0.29) is 10.6 Å². The second-order valence-corrected chi connectivity index (χ2v) is 4.39. The lowest BCUT2D eigenvalue weighted by Crippen LogP contribution is -2.47. The van der Waals surface area contributed by atoms with Crippen LogP contribution in [0.15, 0.2) is 18.3 Å². The number of anilines is 1. The molecule has 1 saturated heterocycles. The van der Waals surface area contributed by atoms with Gasteiger partial charge in [-0.15, -0.1) is 12.3 Å². The minimum absolute atomic E-state index is 0.0691. The fourth-order valence-corrected chi connectivity index (χ4v) is 2.18. The Morgan fingerprint density at radius 2 is 2.16 bits per heavy atom. The molecule has 0 aromatic carbocycles. The van der Waals surface area contributed by atoms with E-state index in [0.29, 0.717) is 5.82 Å². The van der Waals surface area contributed by atoms with E-state index in [0.717, 1.165) is 39.1 Å². The minimum Gasteiger partial charge on any atom is -0.348 e. The smallest absolute Gasteiger partial charge is 0.311 e. The molecule has 100 valence electrons. The van der Waals surface area contributed by atoms with Crippen LogP contribution in [0, 0.1) is 22.5 Å². The molecule has 1 fully saturated rings. The van der Waals surface area contributed by atoms with Crippen molar-refractivity contribution in [3.8, 4) is 12.3 Å². The second-order valence-electron chi connectivity index (χ2n) is 4.39. The maximum absolute atomic E-state index is 11.0. The summed E-state index contributed by atoms with van der Waals surface area (Å²) >= 11 is 0. The molecule has 1 aliphatic rings. The first-order chi connectivity index (χ1) is 9.22. The van der Waals surface area contributed by atoms with Gasteiger partial charge < -0.3 is 4.90 Å². The monoisotopic (exact) mass is 260 g/mol. The van der Waals surface area contributed by atoms with Gasteiger partial charge in [0, 0.05) is 51.4 Å². The van der Waals surface area contributed by atoms with Gasteiger partial charge in [0.1, 0.15) is 0 Å². The van der Waals surface area contributed by atoms with E-state index in [9.17, 15) is 10.1 Å². The Labute approximate surface area is 112 Å². The number of terminal acetylenes is 1. The van der Waals surface area contributed by atoms with Crippen molar-refractivity contribution >= 4 is 11.5 Å². The summed E-state index contributed by atoms with van der Waals surface area (Å²) in [5.74, 6) is 3.09. The SMILES string of the molecule is C#CCCN1CCN(c2ncccc2[N+](=O)[O-])CC1. The van der Waals surface area contributed by atoms with Crippen LogP contribution in [0.4, 0.5) is 11.5 Å². The van der Waals surface area contributed by atoms with Crippen molar-refractivity contribution in [2.24, 2.45) is 0 Å². The van der Waals surface area contributed by atoms with Crippen LogP contribution >= 0.6 is 0 Å². The van der Waals surface area contributed by atoms with Gasteiger partial charge in [-0.3, -0.25) is 15.0 Å². The Bertz CT molecular complexity index is 490. The lowest BCUT2D eigenvalue weighted by atomic mass is 10.2. The molecule has 6 heteroatoms. The van der Waals surface area contributed by atoms with Crippen molar-refractivity contribution < 1.29 is 4.92 Å². The van der Waals surface area contributed by atoms with Gasteiger partial charge in [0.15, 0.2) is 0 Å². The zero-order valence-electron chi connectivity index (χ0n) is 10.7. The normalized spacial score (nSPS) is 16.1. The van der Waals surface area contributed by atoms with Crippen LogP contribution in [0.2, 0.25) is 0 Å². The van der Waals surface area contributed by atoms with Crippen LogP contribution in [-0.2, 0) is 0 Å². The molecule has 1 aliphatic heterocycles. The molecule has 0 atom stereocenters. The molecule has 0 N–H and O–H groups in total. The van der Waals surface area contributed by atoms with Crippen LogP contribution in [0.25, 0.3) is 0 Å². The van der Waals surface area contributed by atoms with Crippen molar-refractivity contribution in [3.63, 3.8) is 0 Å². The van der Waals surface area contributed by atoms with Crippen LogP contribution in [0.3, 0.4) is 0 Å². The maximum atomic E-state index is 11.0. The van der Waals surface area contributed by atoms with Gasteiger partial charge >= 0.3 is 5.69 Å².